The van der Waals surface area contributed by atoms with Gasteiger partial charge in [-0.25, -0.2) is 4.39 Å². The van der Waals surface area contributed by atoms with E-state index in [0.29, 0.717) is 0 Å². The Kier molecular flexibility index (Phi) is 23.2. The maximum Gasteiger partial charge on any atom is 0.123 e. The zero-order valence-electron chi connectivity index (χ0n) is 82.1. The summed E-state index contributed by atoms with van der Waals surface area (Å²) in [5.41, 5.74) is 37.0. The van der Waals surface area contributed by atoms with Gasteiger partial charge in [-0.3, -0.25) is 0 Å². The summed E-state index contributed by atoms with van der Waals surface area (Å²) in [7, 11) is 0. The second kappa shape index (κ2) is 37.3. The van der Waals surface area contributed by atoms with Crippen LogP contribution in [0.25, 0.3) is 116 Å². The van der Waals surface area contributed by atoms with Crippen LogP contribution in [-0.4, -0.2) is 13.7 Å². The van der Waals surface area contributed by atoms with Gasteiger partial charge < -0.3 is 28.4 Å². The van der Waals surface area contributed by atoms with Crippen molar-refractivity contribution in [1.29, 1.82) is 0 Å². The van der Waals surface area contributed by atoms with E-state index in [0.717, 1.165) is 68.0 Å². The van der Waals surface area contributed by atoms with E-state index in [9.17, 15) is 4.39 Å². The van der Waals surface area contributed by atoms with Crippen molar-refractivity contribution < 1.29 is 4.39 Å². The minimum atomic E-state index is -0.248. The molecule has 21 aromatic carbocycles. The van der Waals surface area contributed by atoms with Gasteiger partial charge in [-0.1, -0.05) is 349 Å². The first kappa shape index (κ1) is 90.7. The molecule has 24 aromatic rings. The highest BCUT2D eigenvalue weighted by atomic mass is 32.2. The van der Waals surface area contributed by atoms with E-state index in [2.05, 4.69) is 550 Å². The first-order valence-electron chi connectivity index (χ1n) is 50.1. The lowest BCUT2D eigenvalue weighted by molar-refractivity contribution is 0.607. The number of hydrogen-bond acceptors (Lipinski definition) is 6. The van der Waals surface area contributed by atoms with Crippen LogP contribution in [0, 0.1) is 12.7 Å². The first-order chi connectivity index (χ1) is 71.5. The quantitative estimate of drug-likeness (QED) is 0.101. The Bertz CT molecular complexity index is 8750. The standard InChI is InChI=1S/C46H36N2S.C45H33FN2S.C45H34N2S/c1-31-17-22-35(23-18-31)47(37-26-27-41-45(30-37)49-44-16-10-8-14-40(44)46(41,2)3)36-24-19-32(20-25-36)33-21-28-43-39(29-33)38-13-7-9-15-42(38)48(43)34-11-5-4-6-12-34;1-45(2)39-13-7-9-15-43(39)49-44-29-36(25-26-40(44)45)47(35-23-19-32(46)20-24-35)34-21-16-30(17-22-34)31-18-27-42-38(28-31)37-12-6-8-14-41(37)48(42)33-10-4-3-5-11-33;1-45(2)39-18-10-12-20-43(39)48-44-30-36(26-27-40(44)45)46(33-13-5-3-6-14-33)35-24-21-31(22-25-35)32-23-28-42-38(29-32)37-17-9-11-19-41(37)47(42)34-15-7-4-8-16-34/h4-30H,1-3H3;3-29H,1-2H3;3-30H,1-2H3. The van der Waals surface area contributed by atoms with E-state index < -0.39 is 0 Å². The molecular formula is C136H103FN6S3. The molecule has 146 heavy (non-hydrogen) atoms. The lowest BCUT2D eigenvalue weighted by Crippen LogP contribution is -2.24. The summed E-state index contributed by atoms with van der Waals surface area (Å²) < 4.78 is 21.2. The van der Waals surface area contributed by atoms with Gasteiger partial charge in [0.05, 0.1) is 33.1 Å². The van der Waals surface area contributed by atoms with Crippen LogP contribution in [0.4, 0.5) is 55.6 Å². The van der Waals surface area contributed by atoms with Gasteiger partial charge in [0.25, 0.3) is 0 Å². The van der Waals surface area contributed by atoms with Crippen LogP contribution in [0.15, 0.2) is 527 Å². The fraction of sp³-hybridized carbons (Fsp3) is 0.0735. The Hall–Kier alpha value is -16.6. The van der Waals surface area contributed by atoms with E-state index in [1.807, 2.05) is 47.4 Å². The zero-order chi connectivity index (χ0) is 98.5. The van der Waals surface area contributed by atoms with Crippen molar-refractivity contribution in [3.8, 4) is 50.4 Å². The number of aromatic nitrogens is 3. The molecule has 27 rings (SSSR count). The fourth-order valence-electron chi connectivity index (χ4n) is 22.4. The molecule has 0 N–H and O–H groups in total. The number of benzene rings is 21. The molecular weight excluding hydrogens is 1830 g/mol. The molecule has 3 aliphatic rings. The van der Waals surface area contributed by atoms with Crippen molar-refractivity contribution in [2.75, 3.05) is 14.7 Å². The molecule has 0 amide bonds. The lowest BCUT2D eigenvalue weighted by Gasteiger charge is -2.35. The van der Waals surface area contributed by atoms with Crippen LogP contribution in [0.3, 0.4) is 0 Å². The van der Waals surface area contributed by atoms with Gasteiger partial charge >= 0.3 is 0 Å². The van der Waals surface area contributed by atoms with Gasteiger partial charge in [-0.05, 0) is 304 Å². The third kappa shape index (κ3) is 16.3. The van der Waals surface area contributed by atoms with Crippen LogP contribution in [-0.2, 0) is 16.2 Å². The molecule has 0 unspecified atom stereocenters. The molecule has 0 radical (unpaired) electrons. The average Bonchev–Trinajstić information content (AvgIpc) is 1.25. The second-order valence-electron chi connectivity index (χ2n) is 39.8. The highest BCUT2D eigenvalue weighted by molar-refractivity contribution is 8.00. The van der Waals surface area contributed by atoms with E-state index in [1.54, 1.807) is 0 Å². The van der Waals surface area contributed by atoms with Gasteiger partial charge in [0, 0.05) is 146 Å². The van der Waals surface area contributed by atoms with Crippen molar-refractivity contribution in [1.82, 2.24) is 13.7 Å². The smallest absolute Gasteiger partial charge is 0.123 e. The number of halogens is 1. The van der Waals surface area contributed by atoms with Crippen LogP contribution < -0.4 is 14.7 Å². The molecule has 0 bridgehead atoms. The number of aryl methyl sites for hydroxylation is 1. The van der Waals surface area contributed by atoms with Crippen molar-refractivity contribution in [2.45, 2.75) is 94.1 Å². The minimum Gasteiger partial charge on any atom is -0.310 e. The third-order valence-corrected chi connectivity index (χ3v) is 33.3. The van der Waals surface area contributed by atoms with E-state index in [4.69, 9.17) is 0 Å². The van der Waals surface area contributed by atoms with Gasteiger partial charge in [0.1, 0.15) is 5.82 Å². The van der Waals surface area contributed by atoms with E-state index >= 15 is 0 Å². The van der Waals surface area contributed by atoms with E-state index in [-0.39, 0.29) is 22.1 Å². The van der Waals surface area contributed by atoms with Crippen LogP contribution in [0.5, 0.6) is 0 Å². The second-order valence-corrected chi connectivity index (χ2v) is 43.0. The predicted octanol–water partition coefficient (Wildman–Crippen LogP) is 38.6. The number of fused-ring (bicyclic) bond motifs is 15. The van der Waals surface area contributed by atoms with Crippen LogP contribution >= 0.6 is 35.3 Å². The monoisotopic (exact) mass is 1930 g/mol. The van der Waals surface area contributed by atoms with Gasteiger partial charge in [0.2, 0.25) is 0 Å². The zero-order valence-corrected chi connectivity index (χ0v) is 84.6. The molecule has 6 heterocycles. The maximum absolute atomic E-state index is 14.1. The topological polar surface area (TPSA) is 24.5 Å². The molecule has 0 atom stereocenters. The normalized spacial score (nSPS) is 13.3. The Morgan fingerprint density at radius 1 is 0.185 bits per heavy atom. The first-order valence-corrected chi connectivity index (χ1v) is 52.5. The molecule has 702 valence electrons. The van der Waals surface area contributed by atoms with E-state index in [1.165, 1.54) is 179 Å². The molecule has 0 saturated carbocycles. The lowest BCUT2D eigenvalue weighted by atomic mass is 9.77. The molecule has 3 aliphatic heterocycles. The van der Waals surface area contributed by atoms with Gasteiger partial charge in [-0.2, -0.15) is 0 Å². The van der Waals surface area contributed by atoms with Crippen molar-refractivity contribution in [3.05, 3.63) is 542 Å². The molecule has 3 aromatic heterocycles. The number of hydrogen-bond donors (Lipinski definition) is 0. The van der Waals surface area contributed by atoms with Crippen molar-refractivity contribution in [2.24, 2.45) is 0 Å². The summed E-state index contributed by atoms with van der Waals surface area (Å²) in [6, 6.07) is 179. The van der Waals surface area contributed by atoms with Crippen LogP contribution in [0.1, 0.15) is 80.5 Å². The molecule has 0 aliphatic carbocycles. The number of rotatable bonds is 15. The summed E-state index contributed by atoms with van der Waals surface area (Å²) >= 11 is 5.58. The SMILES string of the molecule is CC1(C)c2ccccc2Sc2cc(N(c3ccc(F)cc3)c3ccc(-c4ccc5c(c4)c4ccccc4n5-c4ccccc4)cc3)ccc21.CC1(C)c2ccccc2Sc2cc(N(c3ccccc3)c3ccc(-c4ccc5c(c4)c4ccccc4n5-c4ccccc4)cc3)ccc21.Cc1ccc(N(c2ccc(-c3ccc4c(c3)c3ccccc3n4-c3ccccc3)cc2)c2ccc3c(c2)Sc2ccccc2C3(C)C)cc1. The summed E-state index contributed by atoms with van der Waals surface area (Å²) in [5.74, 6) is -0.248. The van der Waals surface area contributed by atoms with Crippen LogP contribution in [0.2, 0.25) is 0 Å². The molecule has 0 fully saturated rings. The summed E-state index contributed by atoms with van der Waals surface area (Å²) in [6.45, 7) is 16.1. The van der Waals surface area contributed by atoms with Gasteiger partial charge in [0.15, 0.2) is 0 Å². The molecule has 10 heteroatoms. The molecule has 6 nitrogen and oxygen atoms in total. The maximum atomic E-state index is 14.1. The minimum absolute atomic E-state index is 0.0521. The Morgan fingerprint density at radius 3 is 0.719 bits per heavy atom. The van der Waals surface area contributed by atoms with Crippen molar-refractivity contribution >= 4 is 152 Å². The molecule has 0 saturated heterocycles. The largest absolute Gasteiger partial charge is 0.310 e. The fourth-order valence-corrected chi connectivity index (χ4v) is 26.7. The average molecular weight is 1940 g/mol. The number of para-hydroxylation sites is 7. The number of nitrogens with zero attached hydrogens (tertiary/aromatic N) is 6. The summed E-state index contributed by atoms with van der Waals surface area (Å²) in [4.78, 5) is 14.8. The third-order valence-electron chi connectivity index (χ3n) is 29.9. The Labute approximate surface area is 864 Å². The summed E-state index contributed by atoms with van der Waals surface area (Å²) in [5, 5.41) is 7.52. The van der Waals surface area contributed by atoms with Crippen molar-refractivity contribution in [3.63, 3.8) is 0 Å². The highest BCUT2D eigenvalue weighted by Gasteiger charge is 2.38. The van der Waals surface area contributed by atoms with Gasteiger partial charge in [-0.15, -0.1) is 0 Å². The predicted molar refractivity (Wildman–Crippen MR) is 615 cm³/mol. The summed E-state index contributed by atoms with van der Waals surface area (Å²) in [6.07, 6.45) is 0. The Balaban J connectivity index is 0.000000114. The number of anilines is 9. The highest BCUT2D eigenvalue weighted by Crippen LogP contribution is 2.56. The molecule has 0 spiro atoms. The Morgan fingerprint density at radius 2 is 0.411 bits per heavy atom.